The molecule has 8 nitrogen and oxygen atoms in total. The van der Waals surface area contributed by atoms with Gasteiger partial charge in [0.05, 0.1) is 5.51 Å². The summed E-state index contributed by atoms with van der Waals surface area (Å²) in [6.45, 7) is 7.17. The number of aryl methyl sites for hydroxylation is 1. The molecule has 0 radical (unpaired) electrons. The fraction of sp³-hybridized carbons (Fsp3) is 0.421. The molecule has 4 heterocycles. The number of nitrogens with one attached hydrogen (secondary N) is 1. The largest absolute Gasteiger partial charge is 0.336 e. The van der Waals surface area contributed by atoms with Crippen LogP contribution in [0.15, 0.2) is 21.6 Å². The van der Waals surface area contributed by atoms with Crippen molar-refractivity contribution in [2.75, 3.05) is 6.54 Å². The van der Waals surface area contributed by atoms with Gasteiger partial charge in [0, 0.05) is 42.0 Å². The zero-order valence-electron chi connectivity index (χ0n) is 16.1. The number of thiazole rings is 1. The summed E-state index contributed by atoms with van der Waals surface area (Å²) in [6, 6.07) is 0.122. The van der Waals surface area contributed by atoms with E-state index in [0.717, 1.165) is 35.2 Å². The Morgan fingerprint density at radius 2 is 2.29 bits per heavy atom. The summed E-state index contributed by atoms with van der Waals surface area (Å²) in [5.74, 6) is 0.918. The molecule has 0 saturated carbocycles. The maximum absolute atomic E-state index is 12.5. The van der Waals surface area contributed by atoms with Crippen LogP contribution in [-0.2, 0) is 13.0 Å². The van der Waals surface area contributed by atoms with Crippen LogP contribution >= 0.6 is 11.3 Å². The van der Waals surface area contributed by atoms with E-state index in [-0.39, 0.29) is 12.1 Å². The highest BCUT2D eigenvalue weighted by atomic mass is 32.1. The summed E-state index contributed by atoms with van der Waals surface area (Å²) in [7, 11) is 0. The molecule has 0 fully saturated rings. The number of fused-ring (bicyclic) bond motifs is 1. The van der Waals surface area contributed by atoms with Crippen LogP contribution < -0.4 is 5.32 Å². The van der Waals surface area contributed by atoms with E-state index in [2.05, 4.69) is 32.3 Å². The topological polar surface area (TPSA) is 97.0 Å². The number of rotatable bonds is 4. The van der Waals surface area contributed by atoms with Crippen LogP contribution in [0.2, 0.25) is 0 Å². The summed E-state index contributed by atoms with van der Waals surface area (Å²) in [6.07, 6.45) is 3.47. The molecule has 1 atom stereocenters. The van der Waals surface area contributed by atoms with Gasteiger partial charge in [-0.25, -0.2) is 9.78 Å². The lowest BCUT2D eigenvalue weighted by molar-refractivity contribution is 0.188. The van der Waals surface area contributed by atoms with E-state index in [9.17, 15) is 4.79 Å². The predicted molar refractivity (Wildman–Crippen MR) is 106 cm³/mol. The monoisotopic (exact) mass is 398 g/mol. The average molecular weight is 398 g/mol. The second-order valence-corrected chi connectivity index (χ2v) is 7.67. The van der Waals surface area contributed by atoms with Crippen molar-refractivity contribution in [3.8, 4) is 23.0 Å². The minimum absolute atomic E-state index is 0.0347. The Balaban J connectivity index is 1.62. The zero-order chi connectivity index (χ0) is 19.7. The highest BCUT2D eigenvalue weighted by Gasteiger charge is 2.27. The predicted octanol–water partition coefficient (Wildman–Crippen LogP) is 3.43. The number of urea groups is 1. The molecule has 2 amide bonds. The van der Waals surface area contributed by atoms with Gasteiger partial charge in [0.25, 0.3) is 5.89 Å². The van der Waals surface area contributed by atoms with Crippen LogP contribution in [0.5, 0.6) is 0 Å². The summed E-state index contributed by atoms with van der Waals surface area (Å²) in [5.41, 5.74) is 6.30. The molecule has 146 valence electrons. The molecule has 1 aliphatic rings. The summed E-state index contributed by atoms with van der Waals surface area (Å²) < 4.78 is 5.41. The molecule has 0 saturated heterocycles. The number of amides is 2. The number of carbonyl (C=O) groups is 1. The Morgan fingerprint density at radius 1 is 1.43 bits per heavy atom. The molecule has 3 aromatic heterocycles. The molecule has 3 aromatic rings. The van der Waals surface area contributed by atoms with Crippen molar-refractivity contribution in [3.63, 3.8) is 0 Å². The van der Waals surface area contributed by atoms with Crippen molar-refractivity contribution >= 4 is 17.4 Å². The molecule has 0 aliphatic carbocycles. The van der Waals surface area contributed by atoms with Gasteiger partial charge in [-0.3, -0.25) is 4.98 Å². The van der Waals surface area contributed by atoms with Crippen LogP contribution in [0, 0.1) is 6.92 Å². The molecule has 28 heavy (non-hydrogen) atoms. The minimum Gasteiger partial charge on any atom is -0.336 e. The summed E-state index contributed by atoms with van der Waals surface area (Å²) in [4.78, 5) is 27.6. The van der Waals surface area contributed by atoms with Crippen molar-refractivity contribution in [2.45, 2.75) is 46.2 Å². The van der Waals surface area contributed by atoms with Crippen LogP contribution in [0.25, 0.3) is 23.0 Å². The molecule has 1 aliphatic heterocycles. The fourth-order valence-electron chi connectivity index (χ4n) is 3.27. The van der Waals surface area contributed by atoms with E-state index < -0.39 is 0 Å². The molecule has 0 bridgehead atoms. The third kappa shape index (κ3) is 3.49. The lowest BCUT2D eigenvalue weighted by atomic mass is 9.94. The van der Waals surface area contributed by atoms with E-state index in [1.807, 2.05) is 30.3 Å². The number of hydrogen-bond acceptors (Lipinski definition) is 7. The van der Waals surface area contributed by atoms with Gasteiger partial charge in [-0.05, 0) is 37.8 Å². The minimum atomic E-state index is -0.0347. The lowest BCUT2D eigenvalue weighted by Crippen LogP contribution is -2.45. The van der Waals surface area contributed by atoms with Gasteiger partial charge in [0.1, 0.15) is 5.69 Å². The van der Waals surface area contributed by atoms with E-state index in [1.165, 1.54) is 11.3 Å². The normalized spacial score (nSPS) is 14.6. The number of hydrogen-bond donors (Lipinski definition) is 1. The molecule has 0 spiro atoms. The molecule has 1 unspecified atom stereocenters. The Kier molecular flexibility index (Phi) is 5.08. The van der Waals surface area contributed by atoms with E-state index >= 15 is 0 Å². The maximum atomic E-state index is 12.5. The Bertz CT molecular complexity index is 984. The van der Waals surface area contributed by atoms with E-state index in [0.29, 0.717) is 30.5 Å². The van der Waals surface area contributed by atoms with Crippen LogP contribution in [0.1, 0.15) is 37.1 Å². The first-order chi connectivity index (χ1) is 13.6. The molecule has 0 aromatic carbocycles. The van der Waals surface area contributed by atoms with Gasteiger partial charge in [0.2, 0.25) is 5.82 Å². The Hall–Kier alpha value is -2.81. The van der Waals surface area contributed by atoms with Crippen LogP contribution in [0.4, 0.5) is 4.79 Å². The fourth-order valence-corrected chi connectivity index (χ4v) is 3.80. The Labute approximate surface area is 167 Å². The highest BCUT2D eigenvalue weighted by molar-refractivity contribution is 7.07. The quantitative estimate of drug-likeness (QED) is 0.723. The van der Waals surface area contributed by atoms with E-state index in [4.69, 9.17) is 4.52 Å². The number of aromatic nitrogens is 4. The van der Waals surface area contributed by atoms with Crippen LogP contribution in [0.3, 0.4) is 0 Å². The first kappa shape index (κ1) is 18.5. The van der Waals surface area contributed by atoms with Gasteiger partial charge in [-0.2, -0.15) is 4.98 Å². The molecule has 9 heteroatoms. The zero-order valence-corrected chi connectivity index (χ0v) is 16.9. The van der Waals surface area contributed by atoms with Gasteiger partial charge < -0.3 is 14.7 Å². The highest BCUT2D eigenvalue weighted by Crippen LogP contribution is 2.31. The molecule has 1 N–H and O–H groups in total. The first-order valence-corrected chi connectivity index (χ1v) is 10.3. The third-order valence-corrected chi connectivity index (χ3v) is 5.62. The smallest absolute Gasteiger partial charge is 0.317 e. The second-order valence-electron chi connectivity index (χ2n) is 6.95. The molecular formula is C19H22N6O2S. The molecular weight excluding hydrogens is 376 g/mol. The number of nitrogens with zero attached hydrogens (tertiary/aromatic N) is 5. The Morgan fingerprint density at radius 3 is 3.04 bits per heavy atom. The standard InChI is InChI=1S/C19H22N6O2S/c1-4-11(2)22-19(26)25-6-5-14-13(8-25)7-20-12(3)16(14)17-23-18(27-24-17)15-9-28-10-21-15/h7,9-11H,4-6,8H2,1-3H3,(H,22,26). The molecule has 4 rings (SSSR count). The van der Waals surface area contributed by atoms with Gasteiger partial charge in [0.15, 0.2) is 0 Å². The van der Waals surface area contributed by atoms with Crippen molar-refractivity contribution in [1.82, 2.24) is 30.3 Å². The van der Waals surface area contributed by atoms with Gasteiger partial charge >= 0.3 is 6.03 Å². The summed E-state index contributed by atoms with van der Waals surface area (Å²) >= 11 is 1.48. The summed E-state index contributed by atoms with van der Waals surface area (Å²) in [5, 5.41) is 9.06. The second kappa shape index (κ2) is 7.67. The van der Waals surface area contributed by atoms with E-state index in [1.54, 1.807) is 5.51 Å². The third-order valence-electron chi connectivity index (χ3n) is 5.03. The van der Waals surface area contributed by atoms with Crippen molar-refractivity contribution in [1.29, 1.82) is 0 Å². The SMILES string of the molecule is CCC(C)NC(=O)N1CCc2c(cnc(C)c2-c2noc(-c3cscn3)n2)C1. The van der Waals surface area contributed by atoms with Crippen molar-refractivity contribution < 1.29 is 9.32 Å². The first-order valence-electron chi connectivity index (χ1n) is 9.32. The van der Waals surface area contributed by atoms with Crippen molar-refractivity contribution in [2.24, 2.45) is 0 Å². The maximum Gasteiger partial charge on any atom is 0.317 e. The number of pyridine rings is 1. The van der Waals surface area contributed by atoms with Crippen molar-refractivity contribution in [3.05, 3.63) is 33.9 Å². The van der Waals surface area contributed by atoms with Crippen LogP contribution in [-0.4, -0.2) is 43.6 Å². The van der Waals surface area contributed by atoms with Gasteiger partial charge in [-0.15, -0.1) is 11.3 Å². The average Bonchev–Trinajstić information content (AvgIpc) is 3.39. The number of carbonyl (C=O) groups excluding carboxylic acids is 1. The van der Waals surface area contributed by atoms with Gasteiger partial charge in [-0.1, -0.05) is 12.1 Å². The lowest BCUT2D eigenvalue weighted by Gasteiger charge is -2.31.